The van der Waals surface area contributed by atoms with Crippen molar-refractivity contribution in [1.82, 2.24) is 4.98 Å². The summed E-state index contributed by atoms with van der Waals surface area (Å²) in [5.74, 6) is -0.0852. The first kappa shape index (κ1) is 15.3. The van der Waals surface area contributed by atoms with Crippen LogP contribution in [0, 0.1) is 17.1 Å². The lowest BCUT2D eigenvalue weighted by atomic mass is 9.90. The smallest absolute Gasteiger partial charge is 0.142 e. The molecular formula is C21H16FN3. The Morgan fingerprint density at radius 3 is 2.56 bits per heavy atom. The lowest BCUT2D eigenvalue weighted by molar-refractivity contribution is 0.628. The van der Waals surface area contributed by atoms with Crippen molar-refractivity contribution in [3.8, 4) is 28.5 Å². The number of pyridine rings is 1. The third-order valence-corrected chi connectivity index (χ3v) is 4.72. The largest absolute Gasteiger partial charge is 0.383 e. The molecule has 0 aliphatic heterocycles. The van der Waals surface area contributed by atoms with Gasteiger partial charge in [0.25, 0.3) is 0 Å². The van der Waals surface area contributed by atoms with Gasteiger partial charge in [-0.15, -0.1) is 0 Å². The summed E-state index contributed by atoms with van der Waals surface area (Å²) in [4.78, 5) is 4.57. The van der Waals surface area contributed by atoms with Gasteiger partial charge in [-0.2, -0.15) is 5.26 Å². The van der Waals surface area contributed by atoms with E-state index in [9.17, 15) is 9.65 Å². The van der Waals surface area contributed by atoms with Gasteiger partial charge in [0.2, 0.25) is 0 Å². The second-order valence-corrected chi connectivity index (χ2v) is 6.20. The molecule has 1 aliphatic carbocycles. The van der Waals surface area contributed by atoms with Crippen molar-refractivity contribution in [2.75, 3.05) is 5.73 Å². The van der Waals surface area contributed by atoms with Crippen molar-refractivity contribution in [1.29, 1.82) is 5.26 Å². The van der Waals surface area contributed by atoms with Crippen LogP contribution in [0.25, 0.3) is 22.4 Å². The normalized spacial score (nSPS) is 12.6. The number of anilines is 1. The van der Waals surface area contributed by atoms with Gasteiger partial charge in [-0.3, -0.25) is 0 Å². The van der Waals surface area contributed by atoms with Gasteiger partial charge in [-0.1, -0.05) is 36.4 Å². The van der Waals surface area contributed by atoms with Crippen molar-refractivity contribution in [3.05, 3.63) is 71.0 Å². The third-order valence-electron chi connectivity index (χ3n) is 4.72. The van der Waals surface area contributed by atoms with Crippen LogP contribution in [0.3, 0.4) is 0 Å². The summed E-state index contributed by atoms with van der Waals surface area (Å²) in [6, 6.07) is 16.6. The highest BCUT2D eigenvalue weighted by Gasteiger charge is 2.23. The molecule has 0 radical (unpaired) electrons. The highest BCUT2D eigenvalue weighted by Crippen LogP contribution is 2.40. The van der Waals surface area contributed by atoms with Crippen LogP contribution in [0.4, 0.5) is 10.2 Å². The predicted molar refractivity (Wildman–Crippen MR) is 96.2 cm³/mol. The Morgan fingerprint density at radius 1 is 1.04 bits per heavy atom. The zero-order chi connectivity index (χ0) is 17.4. The number of aromatic nitrogens is 1. The lowest BCUT2D eigenvalue weighted by Gasteiger charge is -2.16. The van der Waals surface area contributed by atoms with Crippen LogP contribution < -0.4 is 5.73 Å². The van der Waals surface area contributed by atoms with Crippen molar-refractivity contribution in [2.45, 2.75) is 19.3 Å². The third kappa shape index (κ3) is 2.54. The Labute approximate surface area is 145 Å². The molecule has 0 bridgehead atoms. The van der Waals surface area contributed by atoms with Crippen molar-refractivity contribution in [2.24, 2.45) is 0 Å². The Bertz CT molecular complexity index is 1000. The molecule has 4 rings (SSSR count). The Kier molecular flexibility index (Phi) is 3.70. The molecule has 0 amide bonds. The van der Waals surface area contributed by atoms with E-state index < -0.39 is 0 Å². The van der Waals surface area contributed by atoms with Crippen LogP contribution in [0.5, 0.6) is 0 Å². The fourth-order valence-corrected chi connectivity index (χ4v) is 3.58. The highest BCUT2D eigenvalue weighted by atomic mass is 19.1. The fraction of sp³-hybridized carbons (Fsp3) is 0.143. The number of nitrogen functional groups attached to an aromatic ring is 1. The number of nitrogens with two attached hydrogens (primary N) is 1. The van der Waals surface area contributed by atoms with E-state index in [2.05, 4.69) is 17.1 Å². The first-order valence-corrected chi connectivity index (χ1v) is 8.25. The number of nitriles is 1. The van der Waals surface area contributed by atoms with Gasteiger partial charge in [-0.05, 0) is 48.1 Å². The molecule has 3 aromatic rings. The summed E-state index contributed by atoms with van der Waals surface area (Å²) in [5, 5.41) is 9.64. The Balaban J connectivity index is 2.07. The zero-order valence-corrected chi connectivity index (χ0v) is 13.6. The number of fused-ring (bicyclic) bond motifs is 3. The molecule has 2 aromatic carbocycles. The quantitative estimate of drug-likeness (QED) is 0.715. The van der Waals surface area contributed by atoms with E-state index in [-0.39, 0.29) is 11.6 Å². The van der Waals surface area contributed by atoms with E-state index in [1.54, 1.807) is 12.1 Å². The summed E-state index contributed by atoms with van der Waals surface area (Å²) in [6.07, 6.45) is 2.73. The van der Waals surface area contributed by atoms with E-state index >= 15 is 0 Å². The molecular weight excluding hydrogens is 313 g/mol. The van der Waals surface area contributed by atoms with Gasteiger partial charge in [-0.25, -0.2) is 9.37 Å². The number of hydrogen-bond acceptors (Lipinski definition) is 3. The predicted octanol–water partition coefficient (Wildman–Crippen LogP) is 4.50. The van der Waals surface area contributed by atoms with Crippen LogP contribution in [-0.2, 0) is 12.8 Å². The molecule has 1 heterocycles. The maximum atomic E-state index is 13.4. The molecule has 2 N–H and O–H groups in total. The van der Waals surface area contributed by atoms with Crippen LogP contribution in [-0.4, -0.2) is 4.98 Å². The Hall–Kier alpha value is -3.19. The molecule has 4 heteroatoms. The summed E-state index contributed by atoms with van der Waals surface area (Å²) in [7, 11) is 0. The molecule has 0 fully saturated rings. The minimum atomic E-state index is -0.305. The molecule has 1 aromatic heterocycles. The van der Waals surface area contributed by atoms with E-state index in [1.165, 1.54) is 17.7 Å². The Morgan fingerprint density at radius 2 is 1.80 bits per heavy atom. The lowest BCUT2D eigenvalue weighted by Crippen LogP contribution is -2.05. The zero-order valence-electron chi connectivity index (χ0n) is 13.6. The van der Waals surface area contributed by atoms with E-state index in [0.717, 1.165) is 47.2 Å². The summed E-state index contributed by atoms with van der Waals surface area (Å²) >= 11 is 0. The van der Waals surface area contributed by atoms with E-state index in [4.69, 9.17) is 5.73 Å². The SMILES string of the molecule is N#Cc1c(N)nc2c(c1-c1ccc(F)cc1)CCCc1ccccc1-2. The average Bonchev–Trinajstić information content (AvgIpc) is 2.81. The number of halogens is 1. The maximum absolute atomic E-state index is 13.4. The van der Waals surface area contributed by atoms with Crippen molar-refractivity contribution >= 4 is 5.82 Å². The number of benzene rings is 2. The first-order valence-electron chi connectivity index (χ1n) is 8.25. The summed E-state index contributed by atoms with van der Waals surface area (Å²) in [5.41, 5.74) is 12.2. The van der Waals surface area contributed by atoms with Gasteiger partial charge in [0.15, 0.2) is 0 Å². The van der Waals surface area contributed by atoms with Crippen molar-refractivity contribution in [3.63, 3.8) is 0 Å². The molecule has 1 aliphatic rings. The number of aryl methyl sites for hydroxylation is 1. The topological polar surface area (TPSA) is 62.7 Å². The molecule has 0 spiro atoms. The average molecular weight is 329 g/mol. The van der Waals surface area contributed by atoms with Crippen LogP contribution in [0.15, 0.2) is 48.5 Å². The minimum Gasteiger partial charge on any atom is -0.383 e. The highest BCUT2D eigenvalue weighted by molar-refractivity contribution is 5.85. The summed E-state index contributed by atoms with van der Waals surface area (Å²) < 4.78 is 13.4. The van der Waals surface area contributed by atoms with Gasteiger partial charge in [0.1, 0.15) is 23.3 Å². The van der Waals surface area contributed by atoms with Gasteiger partial charge in [0.05, 0.1) is 5.69 Å². The fourth-order valence-electron chi connectivity index (χ4n) is 3.58. The molecule has 3 nitrogen and oxygen atoms in total. The molecule has 0 atom stereocenters. The molecule has 122 valence electrons. The molecule has 25 heavy (non-hydrogen) atoms. The van der Waals surface area contributed by atoms with Crippen LogP contribution >= 0.6 is 0 Å². The van der Waals surface area contributed by atoms with Gasteiger partial charge < -0.3 is 5.73 Å². The summed E-state index contributed by atoms with van der Waals surface area (Å²) in [6.45, 7) is 0. The number of hydrogen-bond donors (Lipinski definition) is 1. The standard InChI is InChI=1S/C21H16FN3/c22-15-10-8-14(9-11-15)19-17-7-3-5-13-4-1-2-6-16(13)20(17)25-21(24)18(19)12-23/h1-2,4,6,8-11H,3,5,7H2,(H2,24,25). The van der Waals surface area contributed by atoms with Crippen LogP contribution in [0.1, 0.15) is 23.1 Å². The second-order valence-electron chi connectivity index (χ2n) is 6.20. The van der Waals surface area contributed by atoms with Gasteiger partial charge in [0, 0.05) is 11.1 Å². The maximum Gasteiger partial charge on any atom is 0.142 e. The number of nitrogens with zero attached hydrogens (tertiary/aromatic N) is 2. The number of rotatable bonds is 1. The van der Waals surface area contributed by atoms with Gasteiger partial charge >= 0.3 is 0 Å². The first-order chi connectivity index (χ1) is 12.2. The molecule has 0 saturated heterocycles. The monoisotopic (exact) mass is 329 g/mol. The van der Waals surface area contributed by atoms with Crippen LogP contribution in [0.2, 0.25) is 0 Å². The minimum absolute atomic E-state index is 0.220. The van der Waals surface area contributed by atoms with E-state index in [0.29, 0.717) is 5.56 Å². The van der Waals surface area contributed by atoms with Crippen molar-refractivity contribution < 1.29 is 4.39 Å². The molecule has 0 saturated carbocycles. The van der Waals surface area contributed by atoms with E-state index in [1.807, 2.05) is 18.2 Å². The second kappa shape index (κ2) is 6.03. The molecule has 0 unspecified atom stereocenters.